The Labute approximate surface area is 129 Å². The van der Waals surface area contributed by atoms with Crippen molar-refractivity contribution in [3.8, 4) is 5.75 Å². The fraction of sp³-hybridized carbons (Fsp3) is 0.412. The first kappa shape index (κ1) is 16.1. The van der Waals surface area contributed by atoms with Crippen LogP contribution in [0.2, 0.25) is 0 Å². The number of aromatic hydroxyl groups is 1. The third kappa shape index (κ3) is 3.87. The normalized spacial score (nSPS) is 10.8. The number of phenols is 1. The molecule has 2 aromatic rings. The largest absolute Gasteiger partial charge is 0.508 e. The SMILES string of the molecule is CCCCCCCNC(=O)C(=O)c1c[nH]c2ccc(O)cc12. The summed E-state index contributed by atoms with van der Waals surface area (Å²) < 4.78 is 0. The molecule has 1 aromatic carbocycles. The van der Waals surface area contributed by atoms with Gasteiger partial charge in [-0.3, -0.25) is 9.59 Å². The summed E-state index contributed by atoms with van der Waals surface area (Å²) in [6, 6.07) is 4.69. The summed E-state index contributed by atoms with van der Waals surface area (Å²) >= 11 is 0. The molecule has 3 N–H and O–H groups in total. The molecule has 0 saturated heterocycles. The minimum absolute atomic E-state index is 0.0671. The number of benzene rings is 1. The van der Waals surface area contributed by atoms with E-state index in [-0.39, 0.29) is 11.3 Å². The van der Waals surface area contributed by atoms with Crippen LogP contribution in [0.15, 0.2) is 24.4 Å². The zero-order valence-corrected chi connectivity index (χ0v) is 12.8. The van der Waals surface area contributed by atoms with Gasteiger partial charge in [-0.05, 0) is 24.6 Å². The highest BCUT2D eigenvalue weighted by Crippen LogP contribution is 2.23. The van der Waals surface area contributed by atoms with Crippen molar-refractivity contribution in [2.75, 3.05) is 6.54 Å². The van der Waals surface area contributed by atoms with Crippen LogP contribution in [0, 0.1) is 0 Å². The number of hydrogen-bond acceptors (Lipinski definition) is 3. The molecular weight excluding hydrogens is 280 g/mol. The number of aromatic nitrogens is 1. The number of ketones is 1. The van der Waals surface area contributed by atoms with Crippen LogP contribution in [0.4, 0.5) is 0 Å². The van der Waals surface area contributed by atoms with Gasteiger partial charge in [0.1, 0.15) is 5.75 Å². The number of hydrogen-bond donors (Lipinski definition) is 3. The van der Waals surface area contributed by atoms with Gasteiger partial charge in [-0.15, -0.1) is 0 Å². The van der Waals surface area contributed by atoms with E-state index < -0.39 is 11.7 Å². The van der Waals surface area contributed by atoms with Crippen molar-refractivity contribution in [2.24, 2.45) is 0 Å². The number of aromatic amines is 1. The van der Waals surface area contributed by atoms with Crippen LogP contribution in [0.1, 0.15) is 49.4 Å². The Morgan fingerprint density at radius 1 is 1.18 bits per heavy atom. The van der Waals surface area contributed by atoms with E-state index in [0.717, 1.165) is 19.3 Å². The Kier molecular flexibility index (Phi) is 5.58. The number of amides is 1. The average molecular weight is 302 g/mol. The molecule has 0 atom stereocenters. The zero-order valence-electron chi connectivity index (χ0n) is 12.8. The summed E-state index contributed by atoms with van der Waals surface area (Å²) in [5.74, 6) is -1.11. The molecule has 0 aliphatic heterocycles. The van der Waals surface area contributed by atoms with Crippen molar-refractivity contribution in [2.45, 2.75) is 39.0 Å². The molecule has 0 spiro atoms. The molecule has 2 rings (SSSR count). The monoisotopic (exact) mass is 302 g/mol. The maximum Gasteiger partial charge on any atom is 0.292 e. The number of unbranched alkanes of at least 4 members (excludes halogenated alkanes) is 4. The lowest BCUT2D eigenvalue weighted by Crippen LogP contribution is -2.31. The van der Waals surface area contributed by atoms with Gasteiger partial charge < -0.3 is 15.4 Å². The van der Waals surface area contributed by atoms with Crippen molar-refractivity contribution in [1.29, 1.82) is 0 Å². The number of H-pyrrole nitrogens is 1. The number of Topliss-reactive ketones (excluding diaryl/α,β-unsaturated/α-hetero) is 1. The van der Waals surface area contributed by atoms with Crippen LogP contribution in [0.25, 0.3) is 10.9 Å². The highest BCUT2D eigenvalue weighted by atomic mass is 16.3. The van der Waals surface area contributed by atoms with E-state index >= 15 is 0 Å². The molecule has 5 nitrogen and oxygen atoms in total. The van der Waals surface area contributed by atoms with Crippen LogP contribution in [-0.2, 0) is 4.79 Å². The molecule has 0 fully saturated rings. The van der Waals surface area contributed by atoms with Crippen molar-refractivity contribution in [3.63, 3.8) is 0 Å². The summed E-state index contributed by atoms with van der Waals surface area (Å²) in [7, 11) is 0. The summed E-state index contributed by atoms with van der Waals surface area (Å²) in [5, 5.41) is 12.7. The van der Waals surface area contributed by atoms with E-state index in [1.807, 2.05) is 0 Å². The zero-order chi connectivity index (χ0) is 15.9. The molecular formula is C17H22N2O3. The maximum atomic E-state index is 12.2. The summed E-state index contributed by atoms with van der Waals surface area (Å²) in [4.78, 5) is 27.0. The van der Waals surface area contributed by atoms with E-state index in [2.05, 4.69) is 17.2 Å². The highest BCUT2D eigenvalue weighted by Gasteiger charge is 2.19. The first-order chi connectivity index (χ1) is 10.6. The van der Waals surface area contributed by atoms with Gasteiger partial charge in [0.05, 0.1) is 5.56 Å². The Hall–Kier alpha value is -2.30. The number of nitrogens with one attached hydrogen (secondary N) is 2. The van der Waals surface area contributed by atoms with Gasteiger partial charge >= 0.3 is 0 Å². The second-order valence-electron chi connectivity index (χ2n) is 5.43. The summed E-state index contributed by atoms with van der Waals surface area (Å²) in [6.07, 6.45) is 6.98. The molecule has 0 unspecified atom stereocenters. The molecule has 0 bridgehead atoms. The fourth-order valence-electron chi connectivity index (χ4n) is 2.43. The van der Waals surface area contributed by atoms with Crippen molar-refractivity contribution in [1.82, 2.24) is 10.3 Å². The lowest BCUT2D eigenvalue weighted by Gasteiger charge is -2.04. The van der Waals surface area contributed by atoms with E-state index in [4.69, 9.17) is 0 Å². The minimum atomic E-state index is -0.597. The minimum Gasteiger partial charge on any atom is -0.508 e. The van der Waals surface area contributed by atoms with Gasteiger partial charge in [0, 0.05) is 23.6 Å². The fourth-order valence-corrected chi connectivity index (χ4v) is 2.43. The maximum absolute atomic E-state index is 12.2. The van der Waals surface area contributed by atoms with Gasteiger partial charge in [0.15, 0.2) is 0 Å². The van der Waals surface area contributed by atoms with Gasteiger partial charge in [0.25, 0.3) is 11.7 Å². The lowest BCUT2D eigenvalue weighted by molar-refractivity contribution is -0.117. The van der Waals surface area contributed by atoms with Crippen LogP contribution in [-0.4, -0.2) is 28.3 Å². The predicted octanol–water partition coefficient (Wildman–Crippen LogP) is 3.14. The van der Waals surface area contributed by atoms with Crippen molar-refractivity contribution >= 4 is 22.6 Å². The number of rotatable bonds is 8. The molecule has 5 heteroatoms. The standard InChI is InChI=1S/C17H22N2O3/c1-2-3-4-5-6-9-18-17(22)16(21)14-11-19-15-8-7-12(20)10-13(14)15/h7-8,10-11,19-20H,2-6,9H2,1H3,(H,18,22). The van der Waals surface area contributed by atoms with Crippen LogP contribution in [0.5, 0.6) is 5.75 Å². The lowest BCUT2D eigenvalue weighted by atomic mass is 10.1. The second kappa shape index (κ2) is 7.64. The molecule has 1 heterocycles. The van der Waals surface area contributed by atoms with E-state index in [1.54, 1.807) is 6.07 Å². The smallest absolute Gasteiger partial charge is 0.292 e. The first-order valence-electron chi connectivity index (χ1n) is 7.76. The third-order valence-electron chi connectivity index (χ3n) is 3.68. The first-order valence-corrected chi connectivity index (χ1v) is 7.76. The molecule has 1 amide bonds. The molecule has 1 aromatic heterocycles. The molecule has 118 valence electrons. The number of carbonyl (C=O) groups is 2. The highest BCUT2D eigenvalue weighted by molar-refractivity contribution is 6.44. The van der Waals surface area contributed by atoms with Crippen molar-refractivity contribution < 1.29 is 14.7 Å². The van der Waals surface area contributed by atoms with E-state index in [9.17, 15) is 14.7 Å². The number of carbonyl (C=O) groups excluding carboxylic acids is 2. The Balaban J connectivity index is 1.92. The van der Waals surface area contributed by atoms with Gasteiger partial charge in [-0.25, -0.2) is 0 Å². The van der Waals surface area contributed by atoms with Crippen molar-refractivity contribution in [3.05, 3.63) is 30.0 Å². The van der Waals surface area contributed by atoms with E-state index in [0.29, 0.717) is 17.4 Å². The predicted molar refractivity (Wildman–Crippen MR) is 86.1 cm³/mol. The molecule has 0 aliphatic carbocycles. The third-order valence-corrected chi connectivity index (χ3v) is 3.68. The quantitative estimate of drug-likeness (QED) is 0.398. The Morgan fingerprint density at radius 2 is 1.95 bits per heavy atom. The van der Waals surface area contributed by atoms with Gasteiger partial charge in [0.2, 0.25) is 0 Å². The van der Waals surface area contributed by atoms with Gasteiger partial charge in [-0.1, -0.05) is 32.6 Å². The van der Waals surface area contributed by atoms with Crippen LogP contribution < -0.4 is 5.32 Å². The summed E-state index contributed by atoms with van der Waals surface area (Å²) in [6.45, 7) is 2.67. The molecule has 0 saturated carbocycles. The van der Waals surface area contributed by atoms with E-state index in [1.165, 1.54) is 31.2 Å². The summed E-state index contributed by atoms with van der Waals surface area (Å²) in [5.41, 5.74) is 1.00. The Bertz CT molecular complexity index is 661. The second-order valence-corrected chi connectivity index (χ2v) is 5.43. The number of fused-ring (bicyclic) bond motifs is 1. The molecule has 22 heavy (non-hydrogen) atoms. The average Bonchev–Trinajstić information content (AvgIpc) is 2.92. The van der Waals surface area contributed by atoms with Gasteiger partial charge in [-0.2, -0.15) is 0 Å². The van der Waals surface area contributed by atoms with Crippen LogP contribution >= 0.6 is 0 Å². The molecule has 0 radical (unpaired) electrons. The molecule has 0 aliphatic rings. The van der Waals surface area contributed by atoms with Crippen LogP contribution in [0.3, 0.4) is 0 Å². The topological polar surface area (TPSA) is 82.2 Å². The number of phenolic OH excluding ortho intramolecular Hbond substituents is 1. The Morgan fingerprint density at radius 3 is 2.73 bits per heavy atom.